The summed E-state index contributed by atoms with van der Waals surface area (Å²) in [4.78, 5) is 0. The molecule has 0 spiro atoms. The zero-order valence-corrected chi connectivity index (χ0v) is 9.60. The summed E-state index contributed by atoms with van der Waals surface area (Å²) in [6.07, 6.45) is -4.52. The molecule has 0 amide bonds. The van der Waals surface area contributed by atoms with Gasteiger partial charge in [0.2, 0.25) is 0 Å². The molecule has 7 nitrogen and oxygen atoms in total. The van der Waals surface area contributed by atoms with Crippen molar-refractivity contribution in [1.82, 2.24) is 0 Å². The van der Waals surface area contributed by atoms with Crippen molar-refractivity contribution in [3.8, 4) is 0 Å². The van der Waals surface area contributed by atoms with E-state index in [0.717, 1.165) is 6.42 Å². The predicted molar refractivity (Wildman–Crippen MR) is 58.0 cm³/mol. The first-order chi connectivity index (χ1) is 8.11. The highest BCUT2D eigenvalue weighted by molar-refractivity contribution is 4.88. The van der Waals surface area contributed by atoms with Gasteiger partial charge in [0, 0.05) is 6.61 Å². The summed E-state index contributed by atoms with van der Waals surface area (Å²) < 4.78 is 10.4. The molecule has 1 aliphatic heterocycles. The van der Waals surface area contributed by atoms with Gasteiger partial charge in [-0.05, 0) is 19.4 Å². The van der Waals surface area contributed by atoms with Gasteiger partial charge in [-0.15, -0.1) is 0 Å². The Bertz CT molecular complexity index is 215. The fourth-order valence-corrected chi connectivity index (χ4v) is 1.65. The highest BCUT2D eigenvalue weighted by Crippen LogP contribution is 2.21. The third kappa shape index (κ3) is 3.85. The minimum atomic E-state index is -1.39. The standard InChI is InChI=1S/C10H21NO6/c11-3-1-2-4-16-10-9(15)8(14)7(13)6(5-12)17-10/h6-10,12-15H,1-5,11H2/t6-,7-,8+,9-,10?/m1/s1. The van der Waals surface area contributed by atoms with Crippen molar-refractivity contribution in [3.63, 3.8) is 0 Å². The van der Waals surface area contributed by atoms with Gasteiger partial charge in [-0.2, -0.15) is 0 Å². The fourth-order valence-electron chi connectivity index (χ4n) is 1.65. The van der Waals surface area contributed by atoms with Gasteiger partial charge in [0.1, 0.15) is 24.4 Å². The normalized spacial score (nSPS) is 38.3. The number of unbranched alkanes of at least 4 members (excludes halogenated alkanes) is 1. The molecule has 102 valence electrons. The Morgan fingerprint density at radius 3 is 2.35 bits per heavy atom. The SMILES string of the molecule is NCCCCOC1O[C@H](CO)[C@@H](O)[C@H](O)[C@H]1O. The van der Waals surface area contributed by atoms with E-state index in [1.54, 1.807) is 0 Å². The Morgan fingerprint density at radius 1 is 1.06 bits per heavy atom. The van der Waals surface area contributed by atoms with Crippen LogP contribution in [0.2, 0.25) is 0 Å². The third-order valence-corrected chi connectivity index (χ3v) is 2.73. The van der Waals surface area contributed by atoms with Gasteiger partial charge in [-0.3, -0.25) is 0 Å². The Morgan fingerprint density at radius 2 is 1.76 bits per heavy atom. The highest BCUT2D eigenvalue weighted by Gasteiger charge is 2.43. The van der Waals surface area contributed by atoms with E-state index in [2.05, 4.69) is 0 Å². The Kier molecular flexibility index (Phi) is 6.28. The van der Waals surface area contributed by atoms with Crippen molar-refractivity contribution >= 4 is 0 Å². The quantitative estimate of drug-likeness (QED) is 0.331. The average Bonchev–Trinajstić information content (AvgIpc) is 2.34. The maximum atomic E-state index is 9.61. The summed E-state index contributed by atoms with van der Waals surface area (Å²) in [5.74, 6) is 0. The Balaban J connectivity index is 2.42. The van der Waals surface area contributed by atoms with E-state index in [1.165, 1.54) is 0 Å². The van der Waals surface area contributed by atoms with Crippen molar-refractivity contribution in [1.29, 1.82) is 0 Å². The molecule has 1 rings (SSSR count). The molecule has 0 radical (unpaired) electrons. The molecule has 0 aliphatic carbocycles. The van der Waals surface area contributed by atoms with E-state index in [1.807, 2.05) is 0 Å². The zero-order valence-electron chi connectivity index (χ0n) is 9.60. The van der Waals surface area contributed by atoms with Crippen LogP contribution in [0.1, 0.15) is 12.8 Å². The first kappa shape index (κ1) is 14.8. The van der Waals surface area contributed by atoms with E-state index in [-0.39, 0.29) is 0 Å². The molecular weight excluding hydrogens is 230 g/mol. The smallest absolute Gasteiger partial charge is 0.186 e. The molecule has 0 aromatic heterocycles. The van der Waals surface area contributed by atoms with E-state index < -0.39 is 37.3 Å². The first-order valence-corrected chi connectivity index (χ1v) is 5.74. The van der Waals surface area contributed by atoms with Crippen LogP contribution in [0.3, 0.4) is 0 Å². The molecule has 5 atom stereocenters. The second-order valence-electron chi connectivity index (χ2n) is 4.06. The topological polar surface area (TPSA) is 125 Å². The van der Waals surface area contributed by atoms with Crippen LogP contribution in [-0.2, 0) is 9.47 Å². The van der Waals surface area contributed by atoms with Gasteiger partial charge in [0.05, 0.1) is 6.61 Å². The van der Waals surface area contributed by atoms with Crippen LogP contribution in [-0.4, -0.2) is 70.9 Å². The molecule has 0 saturated carbocycles. The van der Waals surface area contributed by atoms with Crippen molar-refractivity contribution < 1.29 is 29.9 Å². The molecule has 1 unspecified atom stereocenters. The van der Waals surface area contributed by atoms with Crippen molar-refractivity contribution in [2.45, 2.75) is 43.5 Å². The summed E-state index contributed by atoms with van der Waals surface area (Å²) in [7, 11) is 0. The van der Waals surface area contributed by atoms with Gasteiger partial charge in [-0.25, -0.2) is 0 Å². The van der Waals surface area contributed by atoms with Crippen molar-refractivity contribution in [2.24, 2.45) is 5.73 Å². The molecule has 17 heavy (non-hydrogen) atoms. The van der Waals surface area contributed by atoms with Crippen molar-refractivity contribution in [2.75, 3.05) is 19.8 Å². The first-order valence-electron chi connectivity index (χ1n) is 5.74. The lowest BCUT2D eigenvalue weighted by Crippen LogP contribution is -2.59. The van der Waals surface area contributed by atoms with Crippen LogP contribution in [0.25, 0.3) is 0 Å². The van der Waals surface area contributed by atoms with Gasteiger partial charge in [0.15, 0.2) is 6.29 Å². The van der Waals surface area contributed by atoms with Crippen LogP contribution in [0.4, 0.5) is 0 Å². The highest BCUT2D eigenvalue weighted by atomic mass is 16.7. The van der Waals surface area contributed by atoms with Gasteiger partial charge < -0.3 is 35.6 Å². The van der Waals surface area contributed by atoms with E-state index >= 15 is 0 Å². The number of rotatable bonds is 6. The second-order valence-corrected chi connectivity index (χ2v) is 4.06. The fraction of sp³-hybridized carbons (Fsp3) is 1.00. The maximum Gasteiger partial charge on any atom is 0.186 e. The molecule has 0 aromatic rings. The van der Waals surface area contributed by atoms with Gasteiger partial charge in [-0.1, -0.05) is 0 Å². The van der Waals surface area contributed by atoms with E-state index in [9.17, 15) is 15.3 Å². The van der Waals surface area contributed by atoms with Crippen LogP contribution in [0.5, 0.6) is 0 Å². The summed E-state index contributed by atoms with van der Waals surface area (Å²) in [5, 5.41) is 37.6. The molecule has 1 heterocycles. The van der Waals surface area contributed by atoms with Crippen LogP contribution in [0, 0.1) is 0 Å². The molecule has 6 N–H and O–H groups in total. The molecule has 1 fully saturated rings. The lowest BCUT2D eigenvalue weighted by molar-refractivity contribution is -0.301. The van der Waals surface area contributed by atoms with Gasteiger partial charge in [0.25, 0.3) is 0 Å². The summed E-state index contributed by atoms with van der Waals surface area (Å²) in [5.41, 5.74) is 5.32. The minimum absolute atomic E-state index is 0.333. The number of aliphatic hydroxyl groups excluding tert-OH is 4. The summed E-state index contributed by atoms with van der Waals surface area (Å²) >= 11 is 0. The van der Waals surface area contributed by atoms with E-state index in [0.29, 0.717) is 19.6 Å². The van der Waals surface area contributed by atoms with Crippen LogP contribution < -0.4 is 5.73 Å². The second kappa shape index (κ2) is 7.22. The van der Waals surface area contributed by atoms with E-state index in [4.69, 9.17) is 20.3 Å². The van der Waals surface area contributed by atoms with Gasteiger partial charge >= 0.3 is 0 Å². The lowest BCUT2D eigenvalue weighted by Gasteiger charge is -2.39. The molecule has 7 heteroatoms. The Labute approximate surface area is 99.8 Å². The number of hydrogen-bond donors (Lipinski definition) is 5. The molecular formula is C10H21NO6. The monoisotopic (exact) mass is 251 g/mol. The predicted octanol–water partition coefficient (Wildman–Crippen LogP) is -2.46. The summed E-state index contributed by atoms with van der Waals surface area (Å²) in [6.45, 7) is 0.436. The number of hydrogen-bond acceptors (Lipinski definition) is 7. The Hall–Kier alpha value is -0.280. The number of ether oxygens (including phenoxy) is 2. The maximum absolute atomic E-state index is 9.61. The largest absolute Gasteiger partial charge is 0.394 e. The molecule has 1 aliphatic rings. The third-order valence-electron chi connectivity index (χ3n) is 2.73. The lowest BCUT2D eigenvalue weighted by atomic mass is 9.99. The number of aliphatic hydroxyl groups is 4. The molecule has 0 bridgehead atoms. The van der Waals surface area contributed by atoms with Crippen molar-refractivity contribution in [3.05, 3.63) is 0 Å². The molecule has 0 aromatic carbocycles. The number of nitrogens with two attached hydrogens (primary N) is 1. The minimum Gasteiger partial charge on any atom is -0.394 e. The van der Waals surface area contributed by atoms with Crippen LogP contribution in [0.15, 0.2) is 0 Å². The zero-order chi connectivity index (χ0) is 12.8. The molecule has 1 saturated heterocycles. The average molecular weight is 251 g/mol. The van der Waals surface area contributed by atoms with Crippen LogP contribution >= 0.6 is 0 Å². The summed E-state index contributed by atoms with van der Waals surface area (Å²) in [6, 6.07) is 0.